The Labute approximate surface area is 203 Å². The lowest BCUT2D eigenvalue weighted by Crippen LogP contribution is -2.17. The molecule has 0 radical (unpaired) electrons. The number of nitrogens with one attached hydrogen (secondary N) is 1. The summed E-state index contributed by atoms with van der Waals surface area (Å²) in [7, 11) is 0. The number of amides is 2. The summed E-state index contributed by atoms with van der Waals surface area (Å²) in [5.74, 6) is -1.69. The third kappa shape index (κ3) is 5.51. The van der Waals surface area contributed by atoms with Crippen LogP contribution in [0.1, 0.15) is 32.5 Å². The van der Waals surface area contributed by atoms with Gasteiger partial charge in [-0.15, -0.1) is 28.1 Å². The van der Waals surface area contributed by atoms with Gasteiger partial charge in [0.1, 0.15) is 10.8 Å². The smallest absolute Gasteiger partial charge is 0.341 e. The average molecular weight is 504 g/mol. The van der Waals surface area contributed by atoms with E-state index in [0.717, 1.165) is 23.1 Å². The van der Waals surface area contributed by atoms with Crippen LogP contribution in [0, 0.1) is 12.7 Å². The van der Waals surface area contributed by atoms with Gasteiger partial charge in [-0.25, -0.2) is 9.18 Å². The van der Waals surface area contributed by atoms with E-state index >= 15 is 0 Å². The fraction of sp³-hybridized carbons (Fsp3) is 0.227. The molecule has 0 saturated carbocycles. The van der Waals surface area contributed by atoms with E-state index in [1.807, 2.05) is 0 Å². The zero-order chi connectivity index (χ0) is 24.8. The minimum atomic E-state index is -0.700. The third-order valence-corrected chi connectivity index (χ3v) is 6.75. The largest absolute Gasteiger partial charge is 0.462 e. The van der Waals surface area contributed by atoms with Crippen LogP contribution in [0.3, 0.4) is 0 Å². The molecule has 2 aromatic heterocycles. The van der Waals surface area contributed by atoms with Crippen molar-refractivity contribution < 1.29 is 23.5 Å². The van der Waals surface area contributed by atoms with Crippen molar-refractivity contribution >= 4 is 45.9 Å². The SMILES string of the molecule is C=CCn1c(SCC(=O)Nc2sc(C(N)=O)c(C)c2C(=O)OCC)nnc1-c1ccc(F)cc1. The Balaban J connectivity index is 1.79. The Morgan fingerprint density at radius 1 is 1.29 bits per heavy atom. The molecule has 0 fully saturated rings. The number of rotatable bonds is 10. The number of hydrogen-bond donors (Lipinski definition) is 2. The second-order valence-corrected chi connectivity index (χ2v) is 8.86. The molecule has 12 heteroatoms. The van der Waals surface area contributed by atoms with Gasteiger partial charge in [0, 0.05) is 12.1 Å². The summed E-state index contributed by atoms with van der Waals surface area (Å²) in [6.07, 6.45) is 1.66. The highest BCUT2D eigenvalue weighted by Crippen LogP contribution is 2.34. The van der Waals surface area contributed by atoms with E-state index in [2.05, 4.69) is 22.1 Å². The van der Waals surface area contributed by atoms with E-state index in [-0.39, 0.29) is 33.6 Å². The molecule has 2 heterocycles. The molecule has 178 valence electrons. The van der Waals surface area contributed by atoms with Gasteiger partial charge in [0.05, 0.1) is 22.8 Å². The molecular formula is C22H22FN5O4S2. The number of halogens is 1. The first-order chi connectivity index (χ1) is 16.3. The molecule has 9 nitrogen and oxygen atoms in total. The third-order valence-electron chi connectivity index (χ3n) is 4.57. The summed E-state index contributed by atoms with van der Waals surface area (Å²) >= 11 is 2.05. The molecule has 0 spiro atoms. The van der Waals surface area contributed by atoms with E-state index in [1.54, 1.807) is 36.6 Å². The lowest BCUT2D eigenvalue weighted by molar-refractivity contribution is -0.113. The van der Waals surface area contributed by atoms with Crippen molar-refractivity contribution in [2.45, 2.75) is 25.5 Å². The number of thioether (sulfide) groups is 1. The fourth-order valence-corrected chi connectivity index (χ4v) is 4.89. The normalized spacial score (nSPS) is 10.7. The number of nitrogens with two attached hydrogens (primary N) is 1. The van der Waals surface area contributed by atoms with E-state index < -0.39 is 17.8 Å². The summed E-state index contributed by atoms with van der Waals surface area (Å²) < 4.78 is 20.1. The van der Waals surface area contributed by atoms with Crippen LogP contribution in [-0.4, -0.2) is 44.9 Å². The van der Waals surface area contributed by atoms with Gasteiger partial charge in [-0.2, -0.15) is 0 Å². The van der Waals surface area contributed by atoms with Crippen molar-refractivity contribution in [2.24, 2.45) is 5.73 Å². The maximum atomic E-state index is 13.3. The first-order valence-electron chi connectivity index (χ1n) is 10.1. The molecule has 3 N–H and O–H groups in total. The van der Waals surface area contributed by atoms with Gasteiger partial charge in [0.2, 0.25) is 5.91 Å². The molecule has 0 atom stereocenters. The van der Waals surface area contributed by atoms with Crippen LogP contribution in [0.15, 0.2) is 42.1 Å². The maximum Gasteiger partial charge on any atom is 0.341 e. The van der Waals surface area contributed by atoms with Crippen LogP contribution in [0.25, 0.3) is 11.4 Å². The molecule has 3 aromatic rings. The highest BCUT2D eigenvalue weighted by molar-refractivity contribution is 7.99. The number of carbonyl (C=O) groups is 3. The molecule has 0 aliphatic heterocycles. The van der Waals surface area contributed by atoms with E-state index in [9.17, 15) is 18.8 Å². The Morgan fingerprint density at radius 3 is 2.62 bits per heavy atom. The second kappa shape index (κ2) is 11.1. The molecular weight excluding hydrogens is 481 g/mol. The quantitative estimate of drug-likeness (QED) is 0.245. The highest BCUT2D eigenvalue weighted by Gasteiger charge is 2.26. The molecule has 0 aliphatic rings. The van der Waals surface area contributed by atoms with Gasteiger partial charge in [-0.05, 0) is 43.7 Å². The van der Waals surface area contributed by atoms with Crippen molar-refractivity contribution in [1.82, 2.24) is 14.8 Å². The minimum absolute atomic E-state index is 0.0518. The van der Waals surface area contributed by atoms with Gasteiger partial charge < -0.3 is 15.8 Å². The van der Waals surface area contributed by atoms with Crippen LogP contribution in [0.4, 0.5) is 9.39 Å². The number of aromatic nitrogens is 3. The molecule has 34 heavy (non-hydrogen) atoms. The molecule has 0 saturated heterocycles. The summed E-state index contributed by atoms with van der Waals surface area (Å²) in [6, 6.07) is 5.83. The minimum Gasteiger partial charge on any atom is -0.462 e. The summed E-state index contributed by atoms with van der Waals surface area (Å²) in [4.78, 5) is 36.9. The molecule has 0 unspecified atom stereocenters. The van der Waals surface area contributed by atoms with Gasteiger partial charge in [-0.1, -0.05) is 17.8 Å². The predicted molar refractivity (Wildman–Crippen MR) is 128 cm³/mol. The average Bonchev–Trinajstić information content (AvgIpc) is 3.34. The summed E-state index contributed by atoms with van der Waals surface area (Å²) in [5, 5.41) is 11.6. The Bertz CT molecular complexity index is 1240. The lowest BCUT2D eigenvalue weighted by Gasteiger charge is -2.09. The second-order valence-electron chi connectivity index (χ2n) is 6.89. The number of primary amides is 1. The first-order valence-corrected chi connectivity index (χ1v) is 11.9. The number of carbonyl (C=O) groups excluding carboxylic acids is 3. The Morgan fingerprint density at radius 2 is 2.00 bits per heavy atom. The number of anilines is 1. The Hall–Kier alpha value is -3.51. The van der Waals surface area contributed by atoms with Crippen LogP contribution >= 0.6 is 23.1 Å². The number of benzene rings is 1. The van der Waals surface area contributed by atoms with Gasteiger partial charge in [-0.3, -0.25) is 14.2 Å². The van der Waals surface area contributed by atoms with Crippen molar-refractivity contribution in [1.29, 1.82) is 0 Å². The number of hydrogen-bond acceptors (Lipinski definition) is 8. The van der Waals surface area contributed by atoms with Crippen molar-refractivity contribution in [3.63, 3.8) is 0 Å². The Kier molecular flexibility index (Phi) is 8.18. The van der Waals surface area contributed by atoms with Crippen molar-refractivity contribution in [3.8, 4) is 11.4 Å². The molecule has 2 amide bonds. The van der Waals surface area contributed by atoms with Crippen LogP contribution < -0.4 is 11.1 Å². The molecule has 1 aromatic carbocycles. The number of thiophene rings is 1. The monoisotopic (exact) mass is 503 g/mol. The standard InChI is InChI=1S/C22H22FN5O4S2/c1-4-10-28-19(13-6-8-14(23)9-7-13)26-27-22(28)33-11-15(29)25-20-16(21(31)32-5-2)12(3)17(34-20)18(24)30/h4,6-9H,1,5,10-11H2,2-3H3,(H2,24,30)(H,25,29). The highest BCUT2D eigenvalue weighted by atomic mass is 32.2. The number of nitrogens with zero attached hydrogens (tertiary/aromatic N) is 3. The zero-order valence-electron chi connectivity index (χ0n) is 18.5. The van der Waals surface area contributed by atoms with E-state index in [0.29, 0.717) is 28.7 Å². The summed E-state index contributed by atoms with van der Waals surface area (Å²) in [6.45, 7) is 7.48. The summed E-state index contributed by atoms with van der Waals surface area (Å²) in [5.41, 5.74) is 6.52. The van der Waals surface area contributed by atoms with E-state index in [1.165, 1.54) is 12.1 Å². The van der Waals surface area contributed by atoms with Crippen molar-refractivity contribution in [2.75, 3.05) is 17.7 Å². The van der Waals surface area contributed by atoms with Crippen LogP contribution in [-0.2, 0) is 16.1 Å². The molecule has 0 aliphatic carbocycles. The zero-order valence-corrected chi connectivity index (χ0v) is 20.1. The van der Waals surface area contributed by atoms with Gasteiger partial charge in [0.25, 0.3) is 5.91 Å². The van der Waals surface area contributed by atoms with E-state index in [4.69, 9.17) is 10.5 Å². The van der Waals surface area contributed by atoms with Gasteiger partial charge in [0.15, 0.2) is 11.0 Å². The van der Waals surface area contributed by atoms with Crippen LogP contribution in [0.5, 0.6) is 0 Å². The predicted octanol–water partition coefficient (Wildman–Crippen LogP) is 3.65. The fourth-order valence-electron chi connectivity index (χ4n) is 3.08. The maximum absolute atomic E-state index is 13.3. The first kappa shape index (κ1) is 25.1. The molecule has 0 bridgehead atoms. The van der Waals surface area contributed by atoms with Crippen molar-refractivity contribution in [3.05, 3.63) is 58.7 Å². The molecule has 3 rings (SSSR count). The van der Waals surface area contributed by atoms with Crippen LogP contribution in [0.2, 0.25) is 0 Å². The lowest BCUT2D eigenvalue weighted by atomic mass is 10.1. The number of ether oxygens (including phenoxy) is 1. The number of esters is 1. The van der Waals surface area contributed by atoms with Gasteiger partial charge >= 0.3 is 5.97 Å². The topological polar surface area (TPSA) is 129 Å². The number of allylic oxidation sites excluding steroid dienone is 1.